The largest absolute Gasteiger partial charge is 0.382 e. The highest BCUT2D eigenvalue weighted by Crippen LogP contribution is 2.52. The molecule has 3 aromatic heterocycles. The summed E-state index contributed by atoms with van der Waals surface area (Å²) < 4.78 is 41.6. The Morgan fingerprint density at radius 3 is 2.17 bits per heavy atom. The van der Waals surface area contributed by atoms with E-state index in [-0.39, 0.29) is 24.2 Å². The molecule has 0 amide bonds. The maximum Gasteiger partial charge on any atom is 0.330 e. The van der Waals surface area contributed by atoms with Crippen molar-refractivity contribution in [1.82, 2.24) is 29.1 Å². The molecule has 0 radical (unpaired) electrons. The van der Waals surface area contributed by atoms with Gasteiger partial charge in [-0.15, -0.1) is 0 Å². The van der Waals surface area contributed by atoms with Gasteiger partial charge < -0.3 is 57.4 Å². The molecule has 5 heterocycles. The number of aromatic nitrogens is 6. The number of aromatic amines is 1. The number of nitrogens with two attached hydrogens (primary N) is 1. The predicted octanol–water partition coefficient (Wildman–Crippen LogP) is -0.0652. The minimum Gasteiger partial charge on any atom is -0.382 e. The molecule has 0 aromatic carbocycles. The normalized spacial score (nSPS) is 27.6. The van der Waals surface area contributed by atoms with Crippen LogP contribution in [0.4, 0.5) is 5.82 Å². The zero-order valence-corrected chi connectivity index (χ0v) is 29.5. The molecule has 8 atom stereocenters. The van der Waals surface area contributed by atoms with Crippen molar-refractivity contribution in [2.24, 2.45) is 0 Å². The number of fused-ring (bicyclic) bond motifs is 1. The van der Waals surface area contributed by atoms with Crippen molar-refractivity contribution in [3.05, 3.63) is 45.3 Å². The lowest BCUT2D eigenvalue weighted by Gasteiger charge is -2.26. The molecule has 0 bridgehead atoms. The van der Waals surface area contributed by atoms with Crippen LogP contribution in [0.2, 0.25) is 0 Å². The summed E-state index contributed by atoms with van der Waals surface area (Å²) in [7, 11) is 1.16. The quantitative estimate of drug-likeness (QED) is 0.124. The molecule has 2 aliphatic heterocycles. The van der Waals surface area contributed by atoms with Crippen LogP contribution in [0.15, 0.2) is 28.4 Å². The Kier molecular flexibility index (Phi) is 11.3. The Balaban J connectivity index is 1.32. The molecule has 2 unspecified atom stereocenters. The standard InChI is InChI=1S/C21H30N7O13P3S3/c1-10-5-27(21(30)26-20(10)29)15-3-11(40-43(33,46)35-2)14(38-15)7-37-44(34,47)41-12-4-16(39-13(12)6-36-42(31,32)45)28-9-25-17-18(22)23-8-24-19(17)28/h5,8-9,11-16H,3-4,6-7H2,1-2H3,(H,33,46)(H,34,47)(H2,22,23,24)(H,26,29,30)(H2,31,32,45)/t11-,12-,13+,14+,15+,16+,43?,44?/m0/s1. The van der Waals surface area contributed by atoms with E-state index in [1.54, 1.807) is 4.57 Å². The van der Waals surface area contributed by atoms with E-state index in [2.05, 4.69) is 31.7 Å². The van der Waals surface area contributed by atoms with Gasteiger partial charge in [0.25, 0.3) is 5.56 Å². The molecule has 0 aliphatic carbocycles. The zero-order chi connectivity index (χ0) is 34.3. The minimum absolute atomic E-state index is 0.0321. The fourth-order valence-corrected chi connectivity index (χ4v) is 7.88. The fraction of sp³-hybridized carbons (Fsp3) is 0.571. The number of imidazole rings is 1. The SMILES string of the molecule is COP(O)(=S)O[C@H]1C[C@H](n2cc(C)c(=O)[nH]c2=O)O[C@@H]1COP(O)(=S)O[C@H]1C[C@H](n2cnc3c(N)ncnc32)O[C@@H]1COP(O)(O)=S. The Hall–Kier alpha value is -1.46. The zero-order valence-electron chi connectivity index (χ0n) is 24.4. The number of nitrogens with zero attached hydrogens (tertiary/aromatic N) is 5. The van der Waals surface area contributed by atoms with E-state index in [1.165, 1.54) is 25.8 Å². The molecular formula is C21H30N7O13P3S3. The number of ether oxygens (including phenoxy) is 2. The lowest BCUT2D eigenvalue weighted by atomic mass is 10.2. The van der Waals surface area contributed by atoms with Crippen LogP contribution >= 0.6 is 20.2 Å². The predicted molar refractivity (Wildman–Crippen MR) is 173 cm³/mol. The molecule has 2 fully saturated rings. The second-order valence-corrected chi connectivity index (χ2v) is 18.6. The van der Waals surface area contributed by atoms with E-state index in [4.69, 9.17) is 61.4 Å². The van der Waals surface area contributed by atoms with Crippen LogP contribution in [-0.4, -0.2) is 93.4 Å². The number of aryl methyl sites for hydroxylation is 1. The van der Waals surface area contributed by atoms with Crippen molar-refractivity contribution >= 4 is 72.6 Å². The molecule has 2 saturated heterocycles. The van der Waals surface area contributed by atoms with Gasteiger partial charge in [0.1, 0.15) is 36.5 Å². The Bertz CT molecular complexity index is 1890. The van der Waals surface area contributed by atoms with Crippen molar-refractivity contribution in [3.63, 3.8) is 0 Å². The van der Waals surface area contributed by atoms with Crippen LogP contribution in [0, 0.1) is 6.92 Å². The van der Waals surface area contributed by atoms with Crippen LogP contribution in [0.3, 0.4) is 0 Å². The van der Waals surface area contributed by atoms with Crippen LogP contribution < -0.4 is 17.0 Å². The van der Waals surface area contributed by atoms with Crippen LogP contribution in [0.25, 0.3) is 11.2 Å². The average molecular weight is 778 g/mol. The first kappa shape index (κ1) is 36.8. The molecular weight excluding hydrogens is 747 g/mol. The van der Waals surface area contributed by atoms with E-state index in [0.29, 0.717) is 11.2 Å². The fourth-order valence-electron chi connectivity index (χ4n) is 4.90. The van der Waals surface area contributed by atoms with Gasteiger partial charge in [-0.1, -0.05) is 0 Å². The van der Waals surface area contributed by atoms with E-state index < -0.39 is 81.5 Å². The summed E-state index contributed by atoms with van der Waals surface area (Å²) in [6.45, 7) is -11.4. The van der Waals surface area contributed by atoms with Gasteiger partial charge in [0.2, 0.25) is 0 Å². The number of hydrogen-bond donors (Lipinski definition) is 6. The second kappa shape index (κ2) is 14.4. The monoisotopic (exact) mass is 777 g/mol. The molecule has 0 saturated carbocycles. The van der Waals surface area contributed by atoms with Gasteiger partial charge >= 0.3 is 25.8 Å². The highest BCUT2D eigenvalue weighted by Gasteiger charge is 2.44. The van der Waals surface area contributed by atoms with Crippen molar-refractivity contribution in [1.29, 1.82) is 0 Å². The van der Waals surface area contributed by atoms with Gasteiger partial charge in [-0.05, 0) is 42.3 Å². The summed E-state index contributed by atoms with van der Waals surface area (Å²) in [6, 6.07) is 0. The number of anilines is 1. The number of H-pyrrole nitrogens is 1. The molecule has 7 N–H and O–H groups in total. The van der Waals surface area contributed by atoms with Gasteiger partial charge in [0, 0.05) is 31.7 Å². The van der Waals surface area contributed by atoms with Crippen molar-refractivity contribution in [2.75, 3.05) is 26.1 Å². The number of nitrogens with one attached hydrogen (secondary N) is 1. The third-order valence-electron chi connectivity index (χ3n) is 7.09. The topological polar surface area (TPSA) is 270 Å². The number of hydrogen-bond acceptors (Lipinski definition) is 16. The molecule has 260 valence electrons. The maximum absolute atomic E-state index is 12.5. The van der Waals surface area contributed by atoms with Crippen molar-refractivity contribution in [2.45, 2.75) is 56.6 Å². The first-order valence-electron chi connectivity index (χ1n) is 13.4. The Labute approximate surface area is 280 Å². The molecule has 20 nitrogen and oxygen atoms in total. The van der Waals surface area contributed by atoms with Gasteiger partial charge in [0.15, 0.2) is 11.5 Å². The van der Waals surface area contributed by atoms with Crippen molar-refractivity contribution < 1.29 is 51.7 Å². The molecule has 0 spiro atoms. The molecule has 5 rings (SSSR count). The first-order chi connectivity index (χ1) is 21.9. The average Bonchev–Trinajstić information content (AvgIpc) is 3.69. The van der Waals surface area contributed by atoms with Crippen LogP contribution in [-0.2, 0) is 67.5 Å². The van der Waals surface area contributed by atoms with Gasteiger partial charge in [-0.2, -0.15) is 0 Å². The van der Waals surface area contributed by atoms with Crippen LogP contribution in [0.1, 0.15) is 30.9 Å². The smallest absolute Gasteiger partial charge is 0.330 e. The van der Waals surface area contributed by atoms with E-state index >= 15 is 0 Å². The number of rotatable bonds is 13. The minimum atomic E-state index is -4.13. The summed E-state index contributed by atoms with van der Waals surface area (Å²) in [5, 5.41) is 0. The Morgan fingerprint density at radius 1 is 0.957 bits per heavy atom. The summed E-state index contributed by atoms with van der Waals surface area (Å²) in [4.78, 5) is 79.6. The molecule has 2 aliphatic rings. The maximum atomic E-state index is 12.5. The lowest BCUT2D eigenvalue weighted by Crippen LogP contribution is -2.33. The summed E-state index contributed by atoms with van der Waals surface area (Å²) in [5.41, 5.74) is 5.46. The molecule has 3 aromatic rings. The van der Waals surface area contributed by atoms with Gasteiger partial charge in [-0.25, -0.2) is 19.7 Å². The first-order valence-corrected chi connectivity index (χ1v) is 21.2. The van der Waals surface area contributed by atoms with Crippen LogP contribution in [0.5, 0.6) is 0 Å². The van der Waals surface area contributed by atoms with E-state index in [0.717, 1.165) is 11.7 Å². The highest BCUT2D eigenvalue weighted by atomic mass is 32.5. The van der Waals surface area contributed by atoms with Crippen molar-refractivity contribution in [3.8, 4) is 0 Å². The summed E-state index contributed by atoms with van der Waals surface area (Å²) >= 11 is 14.8. The molecule has 47 heavy (non-hydrogen) atoms. The number of nitrogen functional groups attached to an aromatic ring is 1. The highest BCUT2D eigenvalue weighted by molar-refractivity contribution is 8.07. The Morgan fingerprint density at radius 2 is 1.55 bits per heavy atom. The third kappa shape index (κ3) is 9.02. The van der Waals surface area contributed by atoms with E-state index in [1.807, 2.05) is 0 Å². The summed E-state index contributed by atoms with van der Waals surface area (Å²) in [5.74, 6) is 0.140. The summed E-state index contributed by atoms with van der Waals surface area (Å²) in [6.07, 6.45) is -1.96. The van der Waals surface area contributed by atoms with E-state index in [9.17, 15) is 29.2 Å². The third-order valence-corrected chi connectivity index (χ3v) is 11.2. The molecule has 26 heteroatoms. The van der Waals surface area contributed by atoms with Gasteiger partial charge in [0.05, 0.1) is 31.7 Å². The second-order valence-electron chi connectivity index (χ2n) is 10.3. The van der Waals surface area contributed by atoms with Gasteiger partial charge in [-0.3, -0.25) is 18.9 Å². The lowest BCUT2D eigenvalue weighted by molar-refractivity contribution is -0.0495.